The number of carbonyl (C=O) groups excluding carboxylic acids is 2. The zero-order valence-corrected chi connectivity index (χ0v) is 16.0. The van der Waals surface area contributed by atoms with Crippen molar-refractivity contribution < 1.29 is 14.0 Å². The van der Waals surface area contributed by atoms with Gasteiger partial charge in [0, 0.05) is 18.0 Å². The smallest absolute Gasteiger partial charge is 0.234 e. The summed E-state index contributed by atoms with van der Waals surface area (Å²) >= 11 is 1.09. The van der Waals surface area contributed by atoms with E-state index in [0.29, 0.717) is 16.3 Å². The Morgan fingerprint density at radius 3 is 2.82 bits per heavy atom. The third kappa shape index (κ3) is 4.59. The standard InChI is InChI=1S/C21H18FN3O2S/c1-13-5-2-3-8-16(13)17-10-19(26)25-21(18(17)11-23)28-12-20(27)24-15-7-4-6-14(22)9-15/h2-9,17H,10,12H2,1H3,(H,24,27)(H,25,26)/t17-/m1/s1. The number of carbonyl (C=O) groups is 2. The Kier molecular flexibility index (Phi) is 6.12. The highest BCUT2D eigenvalue weighted by Gasteiger charge is 2.30. The number of amides is 2. The second kappa shape index (κ2) is 8.72. The van der Waals surface area contributed by atoms with Crippen molar-refractivity contribution in [3.8, 4) is 6.07 Å². The fourth-order valence-electron chi connectivity index (χ4n) is 3.08. The van der Waals surface area contributed by atoms with Crippen LogP contribution in [0.25, 0.3) is 0 Å². The van der Waals surface area contributed by atoms with Crippen LogP contribution in [0.4, 0.5) is 10.1 Å². The van der Waals surface area contributed by atoms with E-state index in [4.69, 9.17) is 0 Å². The maximum Gasteiger partial charge on any atom is 0.234 e. The second-order valence-corrected chi connectivity index (χ2v) is 7.35. The summed E-state index contributed by atoms with van der Waals surface area (Å²) in [6.07, 6.45) is 0.188. The zero-order valence-electron chi connectivity index (χ0n) is 15.2. The molecule has 0 radical (unpaired) electrons. The number of halogens is 1. The first kappa shape index (κ1) is 19.6. The van der Waals surface area contributed by atoms with Gasteiger partial charge >= 0.3 is 0 Å². The highest BCUT2D eigenvalue weighted by Crippen LogP contribution is 2.37. The van der Waals surface area contributed by atoms with Gasteiger partial charge in [-0.3, -0.25) is 9.59 Å². The molecule has 3 rings (SSSR count). The Hall–Kier alpha value is -3.11. The van der Waals surface area contributed by atoms with Crippen LogP contribution in [0.5, 0.6) is 0 Å². The number of allylic oxidation sites excluding steroid dienone is 1. The molecule has 28 heavy (non-hydrogen) atoms. The van der Waals surface area contributed by atoms with Crippen LogP contribution in [0, 0.1) is 24.1 Å². The molecule has 0 saturated carbocycles. The predicted octanol–water partition coefficient (Wildman–Crippen LogP) is 3.84. The molecule has 0 bridgehead atoms. The minimum atomic E-state index is -0.444. The SMILES string of the molecule is Cc1ccccc1[C@H]1CC(=O)NC(SCC(=O)Nc2cccc(F)c2)=C1C#N. The summed E-state index contributed by atoms with van der Waals surface area (Å²) in [4.78, 5) is 24.4. The molecule has 1 atom stereocenters. The molecule has 142 valence electrons. The van der Waals surface area contributed by atoms with Gasteiger partial charge in [-0.25, -0.2) is 4.39 Å². The van der Waals surface area contributed by atoms with Gasteiger partial charge in [0.2, 0.25) is 11.8 Å². The summed E-state index contributed by atoms with van der Waals surface area (Å²) in [7, 11) is 0. The Morgan fingerprint density at radius 1 is 1.32 bits per heavy atom. The number of hydrogen-bond donors (Lipinski definition) is 2. The lowest BCUT2D eigenvalue weighted by Gasteiger charge is -2.26. The van der Waals surface area contributed by atoms with Crippen molar-refractivity contribution >= 4 is 29.3 Å². The van der Waals surface area contributed by atoms with Crippen molar-refractivity contribution in [2.24, 2.45) is 0 Å². The predicted molar refractivity (Wildman–Crippen MR) is 107 cm³/mol. The van der Waals surface area contributed by atoms with Crippen molar-refractivity contribution in [3.63, 3.8) is 0 Å². The molecule has 0 unspecified atom stereocenters. The maximum atomic E-state index is 13.2. The lowest BCUT2D eigenvalue weighted by molar-refractivity contribution is -0.121. The largest absolute Gasteiger partial charge is 0.325 e. The van der Waals surface area contributed by atoms with Gasteiger partial charge in [-0.15, -0.1) is 0 Å². The third-order valence-corrected chi connectivity index (χ3v) is 5.39. The number of rotatable bonds is 5. The highest BCUT2D eigenvalue weighted by molar-refractivity contribution is 8.03. The first-order valence-corrected chi connectivity index (χ1v) is 9.64. The molecule has 2 N–H and O–H groups in total. The molecule has 2 aromatic rings. The van der Waals surface area contributed by atoms with Crippen LogP contribution in [0.1, 0.15) is 23.5 Å². The second-order valence-electron chi connectivity index (χ2n) is 6.36. The van der Waals surface area contributed by atoms with Crippen molar-refractivity contribution in [2.75, 3.05) is 11.1 Å². The average Bonchev–Trinajstić information content (AvgIpc) is 2.66. The van der Waals surface area contributed by atoms with Crippen molar-refractivity contribution in [1.29, 1.82) is 5.26 Å². The summed E-state index contributed by atoms with van der Waals surface area (Å²) in [6, 6.07) is 15.4. The van der Waals surface area contributed by atoms with Crippen LogP contribution in [-0.2, 0) is 9.59 Å². The minimum absolute atomic E-state index is 0.0161. The van der Waals surface area contributed by atoms with E-state index in [-0.39, 0.29) is 29.9 Å². The monoisotopic (exact) mass is 395 g/mol. The summed E-state index contributed by atoms with van der Waals surface area (Å²) < 4.78 is 13.2. The van der Waals surface area contributed by atoms with E-state index < -0.39 is 5.82 Å². The molecular formula is C21H18FN3O2S. The number of thioether (sulfide) groups is 1. The van der Waals surface area contributed by atoms with E-state index in [0.717, 1.165) is 22.9 Å². The van der Waals surface area contributed by atoms with Crippen LogP contribution >= 0.6 is 11.8 Å². The van der Waals surface area contributed by atoms with E-state index >= 15 is 0 Å². The first-order valence-electron chi connectivity index (χ1n) is 8.66. The zero-order chi connectivity index (χ0) is 20.1. The van der Waals surface area contributed by atoms with Gasteiger partial charge in [-0.1, -0.05) is 42.1 Å². The summed E-state index contributed by atoms with van der Waals surface area (Å²) in [5, 5.41) is 15.4. The van der Waals surface area contributed by atoms with Crippen LogP contribution < -0.4 is 10.6 Å². The van der Waals surface area contributed by atoms with Gasteiger partial charge in [-0.05, 0) is 36.2 Å². The Bertz CT molecular complexity index is 997. The first-order chi connectivity index (χ1) is 13.5. The summed E-state index contributed by atoms with van der Waals surface area (Å²) in [6.45, 7) is 1.94. The number of benzene rings is 2. The van der Waals surface area contributed by atoms with Crippen molar-refractivity contribution in [3.05, 3.63) is 76.1 Å². The number of nitrogens with zero attached hydrogens (tertiary/aromatic N) is 1. The summed E-state index contributed by atoms with van der Waals surface area (Å²) in [5.41, 5.74) is 2.72. The molecule has 0 aromatic heterocycles. The quantitative estimate of drug-likeness (QED) is 0.806. The van der Waals surface area contributed by atoms with Crippen LogP contribution in [-0.4, -0.2) is 17.6 Å². The van der Waals surface area contributed by atoms with Gasteiger partial charge in [0.25, 0.3) is 0 Å². The Balaban J connectivity index is 1.77. The van der Waals surface area contributed by atoms with Gasteiger partial charge in [0.15, 0.2) is 0 Å². The van der Waals surface area contributed by atoms with Crippen LogP contribution in [0.2, 0.25) is 0 Å². The fourth-order valence-corrected chi connectivity index (χ4v) is 3.95. The van der Waals surface area contributed by atoms with Gasteiger partial charge < -0.3 is 10.6 Å². The van der Waals surface area contributed by atoms with E-state index in [1.54, 1.807) is 6.07 Å². The van der Waals surface area contributed by atoms with Gasteiger partial charge in [-0.2, -0.15) is 5.26 Å². The molecule has 1 aliphatic rings. The topological polar surface area (TPSA) is 82.0 Å². The number of hydrogen-bond acceptors (Lipinski definition) is 4. The molecule has 0 spiro atoms. The normalized spacial score (nSPS) is 16.3. The van der Waals surface area contributed by atoms with E-state index in [1.165, 1.54) is 18.2 Å². The molecule has 0 fully saturated rings. The molecule has 1 heterocycles. The minimum Gasteiger partial charge on any atom is -0.325 e. The maximum absolute atomic E-state index is 13.2. The van der Waals surface area contributed by atoms with E-state index in [1.807, 2.05) is 31.2 Å². The highest BCUT2D eigenvalue weighted by atomic mass is 32.2. The molecular weight excluding hydrogens is 377 g/mol. The number of anilines is 1. The van der Waals surface area contributed by atoms with Crippen molar-refractivity contribution in [1.82, 2.24) is 5.32 Å². The van der Waals surface area contributed by atoms with E-state index in [9.17, 15) is 19.2 Å². The fraction of sp³-hybridized carbons (Fsp3) is 0.190. The molecule has 0 saturated heterocycles. The lowest BCUT2D eigenvalue weighted by Crippen LogP contribution is -2.31. The number of nitriles is 1. The number of aryl methyl sites for hydroxylation is 1. The molecule has 7 heteroatoms. The molecule has 1 aliphatic heterocycles. The summed E-state index contributed by atoms with van der Waals surface area (Å²) in [5.74, 6) is -1.35. The van der Waals surface area contributed by atoms with Crippen LogP contribution in [0.15, 0.2) is 59.1 Å². The van der Waals surface area contributed by atoms with E-state index in [2.05, 4.69) is 16.7 Å². The lowest BCUT2D eigenvalue weighted by atomic mass is 9.85. The van der Waals surface area contributed by atoms with Crippen LogP contribution in [0.3, 0.4) is 0 Å². The van der Waals surface area contributed by atoms with Crippen molar-refractivity contribution in [2.45, 2.75) is 19.3 Å². The number of nitrogens with one attached hydrogen (secondary N) is 2. The third-order valence-electron chi connectivity index (χ3n) is 4.38. The van der Waals surface area contributed by atoms with Gasteiger partial charge in [0.05, 0.1) is 22.4 Å². The molecule has 5 nitrogen and oxygen atoms in total. The average molecular weight is 395 g/mol. The Morgan fingerprint density at radius 2 is 2.11 bits per heavy atom. The molecule has 2 amide bonds. The Labute approximate surface area is 166 Å². The van der Waals surface area contributed by atoms with Gasteiger partial charge in [0.1, 0.15) is 5.82 Å². The molecule has 0 aliphatic carbocycles. The molecule has 2 aromatic carbocycles.